The van der Waals surface area contributed by atoms with Gasteiger partial charge in [-0.2, -0.15) is 5.10 Å². The quantitative estimate of drug-likeness (QED) is 0.300. The molecule has 0 aliphatic rings. The first-order chi connectivity index (χ1) is 16.2. The zero-order chi connectivity index (χ0) is 22.6. The van der Waals surface area contributed by atoms with E-state index < -0.39 is 0 Å². The SMILES string of the molecule is CC(=Cc1ccccc1)CNc1cccc(-c2ccnc3c(C(=O)c4cccs4)cnn23)c1. The number of thiophene rings is 1. The lowest BCUT2D eigenvalue weighted by atomic mass is 10.1. The van der Waals surface area contributed by atoms with Gasteiger partial charge in [0.05, 0.1) is 22.3 Å². The average Bonchev–Trinajstić information content (AvgIpc) is 3.54. The second-order valence-electron chi connectivity index (χ2n) is 7.77. The van der Waals surface area contributed by atoms with Crippen molar-refractivity contribution in [2.75, 3.05) is 11.9 Å². The summed E-state index contributed by atoms with van der Waals surface area (Å²) < 4.78 is 1.74. The minimum absolute atomic E-state index is 0.0549. The highest BCUT2D eigenvalue weighted by Gasteiger charge is 2.18. The number of rotatable bonds is 7. The van der Waals surface area contributed by atoms with E-state index in [1.165, 1.54) is 22.5 Å². The summed E-state index contributed by atoms with van der Waals surface area (Å²) in [5.74, 6) is -0.0549. The van der Waals surface area contributed by atoms with Gasteiger partial charge in [0.15, 0.2) is 5.65 Å². The smallest absolute Gasteiger partial charge is 0.208 e. The van der Waals surface area contributed by atoms with Crippen LogP contribution in [0.5, 0.6) is 0 Å². The highest BCUT2D eigenvalue weighted by Crippen LogP contribution is 2.25. The van der Waals surface area contributed by atoms with Crippen LogP contribution in [0.4, 0.5) is 5.69 Å². The molecular formula is C27H22N4OS. The molecule has 0 saturated carbocycles. The number of benzene rings is 2. The van der Waals surface area contributed by atoms with Gasteiger partial charge < -0.3 is 5.32 Å². The Kier molecular flexibility index (Phi) is 5.83. The number of ketones is 1. The number of nitrogens with zero attached hydrogens (tertiary/aromatic N) is 3. The van der Waals surface area contributed by atoms with Gasteiger partial charge in [0.25, 0.3) is 0 Å². The molecule has 0 aliphatic heterocycles. The summed E-state index contributed by atoms with van der Waals surface area (Å²) in [6.45, 7) is 2.86. The first-order valence-electron chi connectivity index (χ1n) is 10.7. The number of anilines is 1. The van der Waals surface area contributed by atoms with Crippen molar-refractivity contribution in [3.05, 3.63) is 112 Å². The Hall–Kier alpha value is -4.03. The van der Waals surface area contributed by atoms with Crippen molar-refractivity contribution in [1.82, 2.24) is 14.6 Å². The summed E-state index contributed by atoms with van der Waals surface area (Å²) >= 11 is 1.42. The van der Waals surface area contributed by atoms with Crippen LogP contribution in [0.3, 0.4) is 0 Å². The van der Waals surface area contributed by atoms with Crippen molar-refractivity contribution < 1.29 is 4.79 Å². The van der Waals surface area contributed by atoms with Crippen molar-refractivity contribution in [1.29, 1.82) is 0 Å². The van der Waals surface area contributed by atoms with Crippen LogP contribution in [0.15, 0.2) is 96.1 Å². The van der Waals surface area contributed by atoms with Crippen LogP contribution >= 0.6 is 11.3 Å². The van der Waals surface area contributed by atoms with E-state index in [-0.39, 0.29) is 5.78 Å². The Bertz CT molecular complexity index is 1440. The summed E-state index contributed by atoms with van der Waals surface area (Å²) in [4.78, 5) is 18.0. The van der Waals surface area contributed by atoms with Gasteiger partial charge in [-0.25, -0.2) is 9.50 Å². The number of nitrogens with one attached hydrogen (secondary N) is 1. The summed E-state index contributed by atoms with van der Waals surface area (Å²) in [6, 6.07) is 24.1. The number of carbonyl (C=O) groups excluding carboxylic acids is 1. The fraction of sp³-hybridized carbons (Fsp3) is 0.0741. The molecule has 5 aromatic rings. The third-order valence-corrected chi connectivity index (χ3v) is 6.20. The molecule has 0 amide bonds. The molecular weight excluding hydrogens is 428 g/mol. The van der Waals surface area contributed by atoms with E-state index >= 15 is 0 Å². The second kappa shape index (κ2) is 9.22. The van der Waals surface area contributed by atoms with E-state index in [4.69, 9.17) is 0 Å². The first-order valence-corrected chi connectivity index (χ1v) is 11.5. The molecule has 6 heteroatoms. The lowest BCUT2D eigenvalue weighted by Crippen LogP contribution is -2.03. The third-order valence-electron chi connectivity index (χ3n) is 5.33. The van der Waals surface area contributed by atoms with Crippen LogP contribution in [0.25, 0.3) is 23.0 Å². The van der Waals surface area contributed by atoms with Crippen LogP contribution in [0, 0.1) is 0 Å². The lowest BCUT2D eigenvalue weighted by Gasteiger charge is -2.10. The summed E-state index contributed by atoms with van der Waals surface area (Å²) in [5, 5.41) is 9.88. The first kappa shape index (κ1) is 20.8. The summed E-state index contributed by atoms with van der Waals surface area (Å²) in [7, 11) is 0. The highest BCUT2D eigenvalue weighted by molar-refractivity contribution is 7.12. The predicted molar refractivity (Wildman–Crippen MR) is 135 cm³/mol. The van der Waals surface area contributed by atoms with Gasteiger partial charge in [0, 0.05) is 24.0 Å². The second-order valence-corrected chi connectivity index (χ2v) is 8.71. The van der Waals surface area contributed by atoms with E-state index in [0.717, 1.165) is 23.5 Å². The molecule has 5 nitrogen and oxygen atoms in total. The fourth-order valence-corrected chi connectivity index (χ4v) is 4.40. The third kappa shape index (κ3) is 4.47. The molecule has 0 atom stereocenters. The van der Waals surface area contributed by atoms with Gasteiger partial charge in [0.1, 0.15) is 0 Å². The zero-order valence-corrected chi connectivity index (χ0v) is 18.9. The number of hydrogen-bond donors (Lipinski definition) is 1. The molecule has 0 radical (unpaired) electrons. The summed E-state index contributed by atoms with van der Waals surface area (Å²) in [5.41, 5.74) is 6.39. The van der Waals surface area contributed by atoms with E-state index in [9.17, 15) is 4.79 Å². The largest absolute Gasteiger partial charge is 0.381 e. The molecule has 0 unspecified atom stereocenters. The molecule has 3 aromatic heterocycles. The molecule has 0 saturated heterocycles. The Morgan fingerprint density at radius 1 is 1.06 bits per heavy atom. The van der Waals surface area contributed by atoms with Crippen molar-refractivity contribution in [2.45, 2.75) is 6.92 Å². The van der Waals surface area contributed by atoms with Gasteiger partial charge in [-0.3, -0.25) is 4.79 Å². The van der Waals surface area contributed by atoms with Crippen LogP contribution in [0.2, 0.25) is 0 Å². The molecule has 0 bridgehead atoms. The van der Waals surface area contributed by atoms with Gasteiger partial charge in [-0.1, -0.05) is 60.2 Å². The van der Waals surface area contributed by atoms with Crippen LogP contribution in [-0.2, 0) is 0 Å². The van der Waals surface area contributed by atoms with Gasteiger partial charge >= 0.3 is 0 Å². The zero-order valence-electron chi connectivity index (χ0n) is 18.1. The summed E-state index contributed by atoms with van der Waals surface area (Å²) in [6.07, 6.45) is 5.51. The minimum Gasteiger partial charge on any atom is -0.381 e. The van der Waals surface area contributed by atoms with Crippen molar-refractivity contribution >= 4 is 34.5 Å². The molecule has 0 aliphatic carbocycles. The number of aromatic nitrogens is 3. The van der Waals surface area contributed by atoms with Crippen molar-refractivity contribution in [2.24, 2.45) is 0 Å². The lowest BCUT2D eigenvalue weighted by molar-refractivity contribution is 0.104. The standard InChI is InChI=1S/C27H22N4OS/c1-19(15-20-7-3-2-4-8-20)17-29-22-10-5-9-21(16-22)24-12-13-28-27-23(18-30-31(24)27)26(32)25-11-6-14-33-25/h2-16,18,29H,17H2,1H3. The van der Waals surface area contributed by atoms with Crippen LogP contribution < -0.4 is 5.32 Å². The molecule has 1 N–H and O–H groups in total. The van der Waals surface area contributed by atoms with Gasteiger partial charge in [-0.15, -0.1) is 11.3 Å². The van der Waals surface area contributed by atoms with Gasteiger partial charge in [0.2, 0.25) is 5.78 Å². The van der Waals surface area contributed by atoms with E-state index in [1.807, 2.05) is 60.0 Å². The Labute approximate surface area is 196 Å². The number of carbonyl (C=O) groups is 1. The normalized spacial score (nSPS) is 11.6. The van der Waals surface area contributed by atoms with Crippen molar-refractivity contribution in [3.63, 3.8) is 0 Å². The number of hydrogen-bond acceptors (Lipinski definition) is 5. The Balaban J connectivity index is 1.40. The Morgan fingerprint density at radius 3 is 2.76 bits per heavy atom. The van der Waals surface area contributed by atoms with Gasteiger partial charge in [-0.05, 0) is 42.1 Å². The monoisotopic (exact) mass is 450 g/mol. The number of fused-ring (bicyclic) bond motifs is 1. The maximum Gasteiger partial charge on any atom is 0.208 e. The molecule has 0 spiro atoms. The molecule has 3 heterocycles. The van der Waals surface area contributed by atoms with E-state index in [2.05, 4.69) is 46.6 Å². The molecule has 2 aromatic carbocycles. The molecule has 162 valence electrons. The maximum atomic E-state index is 12.9. The van der Waals surface area contributed by atoms with Crippen LogP contribution in [0.1, 0.15) is 27.7 Å². The Morgan fingerprint density at radius 2 is 1.94 bits per heavy atom. The van der Waals surface area contributed by atoms with Crippen LogP contribution in [-0.4, -0.2) is 26.9 Å². The minimum atomic E-state index is -0.0549. The van der Waals surface area contributed by atoms with E-state index in [0.29, 0.717) is 16.1 Å². The topological polar surface area (TPSA) is 59.3 Å². The molecule has 0 fully saturated rings. The molecule has 5 rings (SSSR count). The van der Waals surface area contributed by atoms with E-state index in [1.54, 1.807) is 16.9 Å². The van der Waals surface area contributed by atoms with Crippen molar-refractivity contribution in [3.8, 4) is 11.3 Å². The fourth-order valence-electron chi connectivity index (χ4n) is 3.73. The highest BCUT2D eigenvalue weighted by atomic mass is 32.1. The maximum absolute atomic E-state index is 12.9. The predicted octanol–water partition coefficient (Wildman–Crippen LogP) is 6.20. The average molecular weight is 451 g/mol. The molecule has 33 heavy (non-hydrogen) atoms.